The lowest BCUT2D eigenvalue weighted by molar-refractivity contribution is 0.670. The van der Waals surface area contributed by atoms with Crippen molar-refractivity contribution < 1.29 is 4.42 Å². The zero-order valence-electron chi connectivity index (χ0n) is 27.7. The summed E-state index contributed by atoms with van der Waals surface area (Å²) in [6.45, 7) is 0. The molecular weight excluding hydrogens is 655 g/mol. The van der Waals surface area contributed by atoms with Gasteiger partial charge < -0.3 is 4.42 Å². The normalized spacial score (nSPS) is 11.8. The summed E-state index contributed by atoms with van der Waals surface area (Å²) in [6, 6.07) is 57.4. The standard InChI is InChI=1S/C47H27N3OS/c1-3-12-30-26-32(24-22-28(30)10-1)34-15-7-17-37-42-38(18-9-20-40(42)51-43(34)37)46-48-45(33-25-23-29-11-2-4-13-31(29)27-33)49-47(50-46)39-19-8-16-36-35-14-5-6-21-41(35)52-44(36)39/h1-27H. The first-order valence-electron chi connectivity index (χ1n) is 17.3. The molecule has 0 amide bonds. The smallest absolute Gasteiger partial charge is 0.165 e. The van der Waals surface area contributed by atoms with Crippen molar-refractivity contribution in [2.24, 2.45) is 0 Å². The topological polar surface area (TPSA) is 51.8 Å². The molecule has 0 bridgehead atoms. The maximum Gasteiger partial charge on any atom is 0.165 e. The maximum atomic E-state index is 6.71. The number of aromatic nitrogens is 3. The maximum absolute atomic E-state index is 6.71. The van der Waals surface area contributed by atoms with Crippen LogP contribution >= 0.6 is 11.3 Å². The number of benzene rings is 8. The van der Waals surface area contributed by atoms with Gasteiger partial charge in [0, 0.05) is 53.2 Å². The zero-order chi connectivity index (χ0) is 34.2. The Morgan fingerprint density at radius 2 is 0.981 bits per heavy atom. The second-order valence-electron chi connectivity index (χ2n) is 13.2. The Hall–Kier alpha value is -6.69. The van der Waals surface area contributed by atoms with Crippen LogP contribution in [-0.2, 0) is 0 Å². The minimum absolute atomic E-state index is 0.607. The predicted molar refractivity (Wildman–Crippen MR) is 217 cm³/mol. The lowest BCUT2D eigenvalue weighted by Crippen LogP contribution is -2.00. The Morgan fingerprint density at radius 3 is 1.79 bits per heavy atom. The highest BCUT2D eigenvalue weighted by Gasteiger charge is 2.21. The van der Waals surface area contributed by atoms with Gasteiger partial charge in [0.05, 0.1) is 0 Å². The summed E-state index contributed by atoms with van der Waals surface area (Å²) >= 11 is 1.78. The van der Waals surface area contributed by atoms with E-state index in [2.05, 4.69) is 152 Å². The van der Waals surface area contributed by atoms with Crippen LogP contribution in [0.2, 0.25) is 0 Å². The van der Waals surface area contributed by atoms with Crippen molar-refractivity contribution in [1.82, 2.24) is 15.0 Å². The van der Waals surface area contributed by atoms with Gasteiger partial charge in [-0.1, -0.05) is 133 Å². The minimum atomic E-state index is 0.607. The van der Waals surface area contributed by atoms with Crippen molar-refractivity contribution in [3.63, 3.8) is 0 Å². The molecule has 11 aromatic rings. The first-order valence-corrected chi connectivity index (χ1v) is 18.2. The summed E-state index contributed by atoms with van der Waals surface area (Å²) < 4.78 is 9.12. The van der Waals surface area contributed by atoms with E-state index in [1.165, 1.54) is 31.6 Å². The third-order valence-electron chi connectivity index (χ3n) is 10.1. The van der Waals surface area contributed by atoms with Crippen LogP contribution in [0.1, 0.15) is 0 Å². The van der Waals surface area contributed by atoms with Gasteiger partial charge >= 0.3 is 0 Å². The molecule has 0 fully saturated rings. The fraction of sp³-hybridized carbons (Fsp3) is 0. The highest BCUT2D eigenvalue weighted by Crippen LogP contribution is 2.42. The fourth-order valence-corrected chi connectivity index (χ4v) is 8.83. The van der Waals surface area contributed by atoms with Gasteiger partial charge in [0.25, 0.3) is 0 Å². The molecule has 242 valence electrons. The number of para-hydroxylation sites is 1. The molecule has 0 unspecified atom stereocenters. The Morgan fingerprint density at radius 1 is 0.404 bits per heavy atom. The van der Waals surface area contributed by atoms with Crippen LogP contribution in [0, 0.1) is 0 Å². The molecule has 0 saturated carbocycles. The second kappa shape index (κ2) is 11.4. The van der Waals surface area contributed by atoms with E-state index in [1.807, 2.05) is 12.1 Å². The number of rotatable bonds is 4. The van der Waals surface area contributed by atoms with Gasteiger partial charge in [0.15, 0.2) is 17.5 Å². The van der Waals surface area contributed by atoms with Crippen molar-refractivity contribution in [2.45, 2.75) is 0 Å². The van der Waals surface area contributed by atoms with Crippen LogP contribution in [0.3, 0.4) is 0 Å². The van der Waals surface area contributed by atoms with Gasteiger partial charge in [0.1, 0.15) is 11.2 Å². The van der Waals surface area contributed by atoms with Crippen LogP contribution in [0.5, 0.6) is 0 Å². The molecule has 0 N–H and O–H groups in total. The van der Waals surface area contributed by atoms with Crippen molar-refractivity contribution >= 4 is 75.0 Å². The molecule has 5 heteroatoms. The molecule has 8 aromatic carbocycles. The molecule has 0 aliphatic carbocycles. The summed E-state index contributed by atoms with van der Waals surface area (Å²) in [5.41, 5.74) is 6.64. The first-order chi connectivity index (χ1) is 25.7. The molecule has 0 saturated heterocycles. The average Bonchev–Trinajstić information content (AvgIpc) is 3.79. The van der Waals surface area contributed by atoms with Gasteiger partial charge in [-0.2, -0.15) is 0 Å². The van der Waals surface area contributed by atoms with Gasteiger partial charge in [-0.15, -0.1) is 11.3 Å². The summed E-state index contributed by atoms with van der Waals surface area (Å²) in [5.74, 6) is 1.88. The highest BCUT2D eigenvalue weighted by molar-refractivity contribution is 7.26. The van der Waals surface area contributed by atoms with Crippen molar-refractivity contribution in [1.29, 1.82) is 0 Å². The van der Waals surface area contributed by atoms with E-state index in [4.69, 9.17) is 19.4 Å². The van der Waals surface area contributed by atoms with E-state index in [0.717, 1.165) is 59.8 Å². The lowest BCUT2D eigenvalue weighted by Gasteiger charge is -2.10. The fourth-order valence-electron chi connectivity index (χ4n) is 7.62. The van der Waals surface area contributed by atoms with Gasteiger partial charge in [-0.05, 0) is 57.4 Å². The van der Waals surface area contributed by atoms with E-state index < -0.39 is 0 Å². The molecule has 0 radical (unpaired) electrons. The monoisotopic (exact) mass is 681 g/mol. The quantitative estimate of drug-likeness (QED) is 0.185. The van der Waals surface area contributed by atoms with Crippen LogP contribution in [0.25, 0.3) is 109 Å². The number of thiophene rings is 1. The van der Waals surface area contributed by atoms with Crippen LogP contribution < -0.4 is 0 Å². The van der Waals surface area contributed by atoms with Crippen LogP contribution in [0.15, 0.2) is 168 Å². The number of hydrogen-bond acceptors (Lipinski definition) is 5. The predicted octanol–water partition coefficient (Wildman–Crippen LogP) is 13.1. The summed E-state index contributed by atoms with van der Waals surface area (Å²) in [4.78, 5) is 15.7. The second-order valence-corrected chi connectivity index (χ2v) is 14.2. The molecule has 0 spiro atoms. The van der Waals surface area contributed by atoms with Gasteiger partial charge in [-0.3, -0.25) is 0 Å². The third kappa shape index (κ3) is 4.57. The molecule has 0 atom stereocenters. The molecule has 11 rings (SSSR count). The molecule has 0 aliphatic heterocycles. The molecule has 3 aromatic heterocycles. The van der Waals surface area contributed by atoms with E-state index in [1.54, 1.807) is 11.3 Å². The van der Waals surface area contributed by atoms with E-state index in [9.17, 15) is 0 Å². The lowest BCUT2D eigenvalue weighted by atomic mass is 9.98. The minimum Gasteiger partial charge on any atom is -0.455 e. The number of nitrogens with zero attached hydrogens (tertiary/aromatic N) is 3. The number of hydrogen-bond donors (Lipinski definition) is 0. The summed E-state index contributed by atoms with van der Waals surface area (Å²) in [5, 5.41) is 9.18. The van der Waals surface area contributed by atoms with Gasteiger partial charge in [0.2, 0.25) is 0 Å². The van der Waals surface area contributed by atoms with E-state index >= 15 is 0 Å². The third-order valence-corrected chi connectivity index (χ3v) is 11.3. The van der Waals surface area contributed by atoms with Gasteiger partial charge in [-0.25, -0.2) is 15.0 Å². The number of furan rings is 1. The molecule has 4 nitrogen and oxygen atoms in total. The van der Waals surface area contributed by atoms with Crippen LogP contribution in [-0.4, -0.2) is 15.0 Å². The molecule has 3 heterocycles. The summed E-state index contributed by atoms with van der Waals surface area (Å²) in [7, 11) is 0. The Kier molecular flexibility index (Phi) is 6.39. The number of fused-ring (bicyclic) bond motifs is 8. The zero-order valence-corrected chi connectivity index (χ0v) is 28.6. The first kappa shape index (κ1) is 29.1. The highest BCUT2D eigenvalue weighted by atomic mass is 32.1. The Balaban J connectivity index is 1.16. The van der Waals surface area contributed by atoms with Crippen molar-refractivity contribution in [3.05, 3.63) is 164 Å². The van der Waals surface area contributed by atoms with Crippen LogP contribution in [0.4, 0.5) is 0 Å². The molecular formula is C47H27N3OS. The molecule has 52 heavy (non-hydrogen) atoms. The molecule has 0 aliphatic rings. The average molecular weight is 682 g/mol. The van der Waals surface area contributed by atoms with E-state index in [0.29, 0.717) is 17.5 Å². The largest absolute Gasteiger partial charge is 0.455 e. The van der Waals surface area contributed by atoms with E-state index in [-0.39, 0.29) is 0 Å². The Bertz CT molecular complexity index is 3210. The van der Waals surface area contributed by atoms with Crippen molar-refractivity contribution in [2.75, 3.05) is 0 Å². The SMILES string of the molecule is c1ccc2cc(-c3nc(-c4cccc5c4sc4ccccc45)nc(-c4cccc5oc6c(-c7ccc8ccccc8c7)cccc6c45)n3)ccc2c1. The van der Waals surface area contributed by atoms with Crippen molar-refractivity contribution in [3.8, 4) is 45.3 Å². The Labute approximate surface area is 302 Å². The summed E-state index contributed by atoms with van der Waals surface area (Å²) in [6.07, 6.45) is 0.